The van der Waals surface area contributed by atoms with E-state index >= 15 is 0 Å². The zero-order chi connectivity index (χ0) is 17.0. The first-order chi connectivity index (χ1) is 10.8. The van der Waals surface area contributed by atoms with Crippen LogP contribution in [0.4, 0.5) is 0 Å². The fourth-order valence-corrected chi connectivity index (χ4v) is 2.18. The highest BCUT2D eigenvalue weighted by atomic mass is 16.4. The van der Waals surface area contributed by atoms with Crippen LogP contribution >= 0.6 is 0 Å². The average Bonchev–Trinajstić information content (AvgIpc) is 2.83. The SMILES string of the molecule is Cc1ccn2cc(CC(=O)NC(CCC(N)=O)C(=O)O)nc2c1. The van der Waals surface area contributed by atoms with E-state index in [4.69, 9.17) is 10.8 Å². The van der Waals surface area contributed by atoms with Gasteiger partial charge in [0.2, 0.25) is 11.8 Å². The monoisotopic (exact) mass is 318 g/mol. The maximum Gasteiger partial charge on any atom is 0.326 e. The lowest BCUT2D eigenvalue weighted by molar-refractivity contribution is -0.142. The molecule has 122 valence electrons. The zero-order valence-electron chi connectivity index (χ0n) is 12.7. The van der Waals surface area contributed by atoms with Gasteiger partial charge in [-0.15, -0.1) is 0 Å². The molecule has 2 rings (SSSR count). The minimum atomic E-state index is -1.20. The van der Waals surface area contributed by atoms with Gasteiger partial charge in [0, 0.05) is 18.8 Å². The third-order valence-corrected chi connectivity index (χ3v) is 3.32. The summed E-state index contributed by atoms with van der Waals surface area (Å²) in [6.45, 7) is 1.94. The molecule has 2 aromatic heterocycles. The quantitative estimate of drug-likeness (QED) is 0.663. The third kappa shape index (κ3) is 4.53. The average molecular weight is 318 g/mol. The van der Waals surface area contributed by atoms with E-state index in [1.165, 1.54) is 0 Å². The summed E-state index contributed by atoms with van der Waals surface area (Å²) in [5.74, 6) is -2.28. The number of nitrogens with one attached hydrogen (secondary N) is 1. The van der Waals surface area contributed by atoms with Crippen LogP contribution < -0.4 is 11.1 Å². The van der Waals surface area contributed by atoms with Gasteiger partial charge in [-0.25, -0.2) is 9.78 Å². The van der Waals surface area contributed by atoms with E-state index < -0.39 is 23.8 Å². The number of pyridine rings is 1. The number of fused-ring (bicyclic) bond motifs is 1. The lowest BCUT2D eigenvalue weighted by Crippen LogP contribution is -2.42. The molecule has 0 radical (unpaired) electrons. The normalized spacial score (nSPS) is 12.0. The van der Waals surface area contributed by atoms with Gasteiger partial charge in [0.25, 0.3) is 0 Å². The Balaban J connectivity index is 2.01. The van der Waals surface area contributed by atoms with Crippen molar-refractivity contribution in [3.8, 4) is 0 Å². The van der Waals surface area contributed by atoms with Crippen LogP contribution in [-0.2, 0) is 20.8 Å². The van der Waals surface area contributed by atoms with Crippen molar-refractivity contribution in [3.63, 3.8) is 0 Å². The molecule has 0 aliphatic rings. The molecule has 0 aromatic carbocycles. The number of imidazole rings is 1. The number of carbonyl (C=O) groups is 3. The maximum atomic E-state index is 12.0. The van der Waals surface area contributed by atoms with Crippen molar-refractivity contribution in [2.45, 2.75) is 32.2 Å². The van der Waals surface area contributed by atoms with E-state index in [1.54, 1.807) is 10.6 Å². The van der Waals surface area contributed by atoms with E-state index in [-0.39, 0.29) is 19.3 Å². The second kappa shape index (κ2) is 6.91. The molecule has 23 heavy (non-hydrogen) atoms. The number of aliphatic carboxylic acids is 1. The van der Waals surface area contributed by atoms with Gasteiger partial charge in [-0.1, -0.05) is 0 Å². The van der Waals surface area contributed by atoms with Crippen molar-refractivity contribution in [1.29, 1.82) is 0 Å². The highest BCUT2D eigenvalue weighted by Crippen LogP contribution is 2.08. The minimum Gasteiger partial charge on any atom is -0.480 e. The van der Waals surface area contributed by atoms with Crippen LogP contribution in [-0.4, -0.2) is 38.3 Å². The van der Waals surface area contributed by atoms with E-state index in [9.17, 15) is 14.4 Å². The molecule has 4 N–H and O–H groups in total. The summed E-state index contributed by atoms with van der Waals surface area (Å²) < 4.78 is 1.79. The summed E-state index contributed by atoms with van der Waals surface area (Å²) >= 11 is 0. The molecular weight excluding hydrogens is 300 g/mol. The molecule has 0 aliphatic heterocycles. The summed E-state index contributed by atoms with van der Waals surface area (Å²) in [6, 6.07) is 2.66. The van der Waals surface area contributed by atoms with Crippen molar-refractivity contribution < 1.29 is 19.5 Å². The third-order valence-electron chi connectivity index (χ3n) is 3.32. The summed E-state index contributed by atoms with van der Waals surface area (Å²) in [7, 11) is 0. The zero-order valence-corrected chi connectivity index (χ0v) is 12.7. The maximum absolute atomic E-state index is 12.0. The van der Waals surface area contributed by atoms with Crippen molar-refractivity contribution in [2.24, 2.45) is 5.73 Å². The van der Waals surface area contributed by atoms with E-state index in [0.717, 1.165) is 11.2 Å². The second-order valence-corrected chi connectivity index (χ2v) is 5.34. The summed E-state index contributed by atoms with van der Waals surface area (Å²) in [6.07, 6.45) is 3.37. The van der Waals surface area contributed by atoms with Gasteiger partial charge in [0.05, 0.1) is 12.1 Å². The van der Waals surface area contributed by atoms with Gasteiger partial charge < -0.3 is 20.6 Å². The Morgan fingerprint density at radius 2 is 2.17 bits per heavy atom. The standard InChI is InChI=1S/C15H18N4O4/c1-9-4-5-19-8-10(17-13(19)6-9)7-14(21)18-11(15(22)23)2-3-12(16)20/h4-6,8,11H,2-3,7H2,1H3,(H2,16,20)(H,18,21)(H,22,23). The molecule has 0 bridgehead atoms. The van der Waals surface area contributed by atoms with Gasteiger partial charge in [-0.2, -0.15) is 0 Å². The molecule has 2 amide bonds. The molecule has 1 atom stereocenters. The number of nitrogens with two attached hydrogens (primary N) is 1. The first kappa shape index (κ1) is 16.5. The minimum absolute atomic E-state index is 0.0406. The number of amides is 2. The van der Waals surface area contributed by atoms with Crippen molar-refractivity contribution in [1.82, 2.24) is 14.7 Å². The van der Waals surface area contributed by atoms with Gasteiger partial charge in [0.1, 0.15) is 11.7 Å². The Bertz CT molecular complexity index is 753. The van der Waals surface area contributed by atoms with Gasteiger partial charge in [-0.05, 0) is 31.0 Å². The first-order valence-corrected chi connectivity index (χ1v) is 7.10. The molecule has 8 heteroatoms. The highest BCUT2D eigenvalue weighted by molar-refractivity contribution is 5.85. The number of carboxylic acid groups (broad SMARTS) is 1. The molecule has 0 aliphatic carbocycles. The number of carboxylic acids is 1. The Morgan fingerprint density at radius 3 is 2.83 bits per heavy atom. The number of primary amides is 1. The summed E-state index contributed by atoms with van der Waals surface area (Å²) in [4.78, 5) is 38.1. The fourth-order valence-electron chi connectivity index (χ4n) is 2.18. The Hall–Kier alpha value is -2.90. The number of rotatable bonds is 7. The molecular formula is C15H18N4O4. The van der Waals surface area contributed by atoms with E-state index in [2.05, 4.69) is 10.3 Å². The van der Waals surface area contributed by atoms with Crippen LogP contribution in [0.3, 0.4) is 0 Å². The number of hydrogen-bond acceptors (Lipinski definition) is 4. The van der Waals surface area contributed by atoms with Crippen LogP contribution in [0, 0.1) is 6.92 Å². The molecule has 8 nitrogen and oxygen atoms in total. The molecule has 2 aromatic rings. The molecule has 0 fully saturated rings. The topological polar surface area (TPSA) is 127 Å². The molecule has 2 heterocycles. The fraction of sp³-hybridized carbons (Fsp3) is 0.333. The smallest absolute Gasteiger partial charge is 0.326 e. The predicted octanol–water partition coefficient (Wildman–Crippen LogP) is 0.0201. The molecule has 1 unspecified atom stereocenters. The van der Waals surface area contributed by atoms with Gasteiger partial charge in [-0.3, -0.25) is 9.59 Å². The number of hydrogen-bond donors (Lipinski definition) is 3. The van der Waals surface area contributed by atoms with Crippen LogP contribution in [0.2, 0.25) is 0 Å². The Kier molecular flexibility index (Phi) is 4.95. The van der Waals surface area contributed by atoms with Crippen LogP contribution in [0.25, 0.3) is 5.65 Å². The second-order valence-electron chi connectivity index (χ2n) is 5.34. The number of aromatic nitrogens is 2. The van der Waals surface area contributed by atoms with Crippen molar-refractivity contribution in [3.05, 3.63) is 35.8 Å². The van der Waals surface area contributed by atoms with E-state index in [1.807, 2.05) is 25.3 Å². The van der Waals surface area contributed by atoms with Crippen LogP contribution in [0.5, 0.6) is 0 Å². The Labute approximate surface area is 132 Å². The summed E-state index contributed by atoms with van der Waals surface area (Å²) in [5.41, 5.74) is 7.30. The Morgan fingerprint density at radius 1 is 1.43 bits per heavy atom. The number of nitrogens with zero attached hydrogens (tertiary/aromatic N) is 2. The van der Waals surface area contributed by atoms with Gasteiger partial charge >= 0.3 is 5.97 Å². The van der Waals surface area contributed by atoms with Crippen molar-refractivity contribution in [2.75, 3.05) is 0 Å². The largest absolute Gasteiger partial charge is 0.480 e. The highest BCUT2D eigenvalue weighted by Gasteiger charge is 2.21. The predicted molar refractivity (Wildman–Crippen MR) is 81.6 cm³/mol. The van der Waals surface area contributed by atoms with Gasteiger partial charge in [0.15, 0.2) is 0 Å². The van der Waals surface area contributed by atoms with Crippen LogP contribution in [0.1, 0.15) is 24.1 Å². The molecule has 0 spiro atoms. The van der Waals surface area contributed by atoms with E-state index in [0.29, 0.717) is 5.69 Å². The first-order valence-electron chi connectivity index (χ1n) is 7.10. The molecule has 0 saturated heterocycles. The van der Waals surface area contributed by atoms with Crippen molar-refractivity contribution >= 4 is 23.4 Å². The lowest BCUT2D eigenvalue weighted by atomic mass is 10.1. The summed E-state index contributed by atoms with van der Waals surface area (Å²) in [5, 5.41) is 11.4. The lowest BCUT2D eigenvalue weighted by Gasteiger charge is -2.13. The number of carbonyl (C=O) groups excluding carboxylic acids is 2. The number of aryl methyl sites for hydroxylation is 1. The molecule has 0 saturated carbocycles. The van der Waals surface area contributed by atoms with Crippen LogP contribution in [0.15, 0.2) is 24.5 Å².